The molecule has 0 aromatic carbocycles. The maximum Gasteiger partial charge on any atom is 0.0701 e. The van der Waals surface area contributed by atoms with Crippen LogP contribution in [0, 0.1) is 0 Å². The standard InChI is InChI=1S/C7H16O3.C2H6/c1-2-4-9-6-7-10-5-3-8;1-2/h8H,2-7H2,1H3;1-2H3. The lowest BCUT2D eigenvalue weighted by molar-refractivity contribution is 0.0333. The first-order valence-electron chi connectivity index (χ1n) is 4.68. The number of hydrogen-bond acceptors (Lipinski definition) is 3. The summed E-state index contributed by atoms with van der Waals surface area (Å²) < 4.78 is 10.1. The van der Waals surface area contributed by atoms with E-state index in [9.17, 15) is 0 Å². The highest BCUT2D eigenvalue weighted by Gasteiger charge is 1.86. The summed E-state index contributed by atoms with van der Waals surface area (Å²) in [6.45, 7) is 8.58. The van der Waals surface area contributed by atoms with Crippen molar-refractivity contribution in [3.05, 3.63) is 0 Å². The molecule has 76 valence electrons. The van der Waals surface area contributed by atoms with Crippen LogP contribution in [-0.2, 0) is 9.47 Å². The van der Waals surface area contributed by atoms with Crippen molar-refractivity contribution in [1.82, 2.24) is 0 Å². The second-order valence-electron chi connectivity index (χ2n) is 1.95. The molecule has 0 radical (unpaired) electrons. The number of aliphatic hydroxyl groups is 1. The van der Waals surface area contributed by atoms with E-state index in [-0.39, 0.29) is 6.61 Å². The van der Waals surface area contributed by atoms with Crippen LogP contribution in [-0.4, -0.2) is 38.1 Å². The smallest absolute Gasteiger partial charge is 0.0701 e. The first-order chi connectivity index (χ1) is 5.91. The van der Waals surface area contributed by atoms with Crippen molar-refractivity contribution >= 4 is 0 Å². The zero-order valence-electron chi connectivity index (χ0n) is 8.51. The van der Waals surface area contributed by atoms with E-state index in [0.29, 0.717) is 19.8 Å². The Morgan fingerprint density at radius 2 is 1.42 bits per heavy atom. The van der Waals surface area contributed by atoms with E-state index in [0.717, 1.165) is 13.0 Å². The highest BCUT2D eigenvalue weighted by molar-refractivity contribution is 4.30. The Bertz CT molecular complexity index is 49.7. The minimum absolute atomic E-state index is 0.0910. The maximum atomic E-state index is 8.30. The van der Waals surface area contributed by atoms with Gasteiger partial charge in [0.25, 0.3) is 0 Å². The maximum absolute atomic E-state index is 8.30. The second kappa shape index (κ2) is 17.1. The average Bonchev–Trinajstić information content (AvgIpc) is 2.15. The minimum atomic E-state index is 0.0910. The van der Waals surface area contributed by atoms with Gasteiger partial charge in [0.15, 0.2) is 0 Å². The number of hydrogen-bond donors (Lipinski definition) is 1. The number of rotatable bonds is 7. The third-order valence-corrected chi connectivity index (χ3v) is 0.956. The largest absolute Gasteiger partial charge is 0.394 e. The fourth-order valence-electron chi connectivity index (χ4n) is 0.531. The van der Waals surface area contributed by atoms with Gasteiger partial charge >= 0.3 is 0 Å². The number of ether oxygens (including phenoxy) is 2. The molecule has 0 aromatic heterocycles. The molecule has 0 aliphatic heterocycles. The van der Waals surface area contributed by atoms with Gasteiger partial charge in [0.05, 0.1) is 26.4 Å². The highest BCUT2D eigenvalue weighted by atomic mass is 16.5. The Kier molecular flexibility index (Phi) is 20.5. The third-order valence-electron chi connectivity index (χ3n) is 0.956. The SMILES string of the molecule is CC.CCCOCCOCCO. The molecular formula is C9H22O3. The predicted octanol–water partition coefficient (Wildman–Crippen LogP) is 1.45. The van der Waals surface area contributed by atoms with Crippen molar-refractivity contribution < 1.29 is 14.6 Å². The molecule has 1 N–H and O–H groups in total. The number of aliphatic hydroxyl groups excluding tert-OH is 1. The first-order valence-corrected chi connectivity index (χ1v) is 4.68. The summed E-state index contributed by atoms with van der Waals surface area (Å²) in [6.07, 6.45) is 1.04. The van der Waals surface area contributed by atoms with Gasteiger partial charge < -0.3 is 14.6 Å². The molecule has 0 rings (SSSR count). The molecule has 0 aliphatic rings. The Labute approximate surface area is 75.7 Å². The summed E-state index contributed by atoms with van der Waals surface area (Å²) >= 11 is 0. The topological polar surface area (TPSA) is 38.7 Å². The van der Waals surface area contributed by atoms with Gasteiger partial charge in [-0.15, -0.1) is 0 Å². The molecule has 0 heterocycles. The molecule has 12 heavy (non-hydrogen) atoms. The zero-order chi connectivity index (χ0) is 9.66. The van der Waals surface area contributed by atoms with Crippen LogP contribution in [0.4, 0.5) is 0 Å². The molecule has 0 saturated carbocycles. The fourth-order valence-corrected chi connectivity index (χ4v) is 0.531. The summed E-state index contributed by atoms with van der Waals surface area (Å²) in [5.74, 6) is 0. The highest BCUT2D eigenvalue weighted by Crippen LogP contribution is 1.80. The molecule has 3 nitrogen and oxygen atoms in total. The molecule has 0 spiro atoms. The Morgan fingerprint density at radius 3 is 1.83 bits per heavy atom. The van der Waals surface area contributed by atoms with E-state index in [1.54, 1.807) is 0 Å². The van der Waals surface area contributed by atoms with E-state index in [4.69, 9.17) is 14.6 Å². The van der Waals surface area contributed by atoms with Crippen LogP contribution in [0.2, 0.25) is 0 Å². The molecular weight excluding hydrogens is 156 g/mol. The lowest BCUT2D eigenvalue weighted by Gasteiger charge is -2.02. The van der Waals surface area contributed by atoms with Crippen molar-refractivity contribution in [2.45, 2.75) is 27.2 Å². The van der Waals surface area contributed by atoms with Gasteiger partial charge in [-0.3, -0.25) is 0 Å². The van der Waals surface area contributed by atoms with Gasteiger partial charge in [-0.05, 0) is 6.42 Å². The normalized spacial score (nSPS) is 9.00. The van der Waals surface area contributed by atoms with Gasteiger partial charge in [0, 0.05) is 6.61 Å². The van der Waals surface area contributed by atoms with Crippen LogP contribution in [0.5, 0.6) is 0 Å². The van der Waals surface area contributed by atoms with Crippen molar-refractivity contribution in [1.29, 1.82) is 0 Å². The molecule has 3 heteroatoms. The average molecular weight is 178 g/mol. The summed E-state index contributed by atoms with van der Waals surface area (Å²) in [7, 11) is 0. The molecule has 0 fully saturated rings. The molecule has 0 saturated heterocycles. The molecule has 0 atom stereocenters. The van der Waals surface area contributed by atoms with Crippen LogP contribution in [0.15, 0.2) is 0 Å². The zero-order valence-corrected chi connectivity index (χ0v) is 8.51. The quantitative estimate of drug-likeness (QED) is 0.600. The van der Waals surface area contributed by atoms with Gasteiger partial charge in [-0.25, -0.2) is 0 Å². The molecule has 0 unspecified atom stereocenters. The van der Waals surface area contributed by atoms with Crippen LogP contribution >= 0.6 is 0 Å². The van der Waals surface area contributed by atoms with Gasteiger partial charge in [0.1, 0.15) is 0 Å². The van der Waals surface area contributed by atoms with Gasteiger partial charge in [-0.2, -0.15) is 0 Å². The molecule has 0 amide bonds. The lowest BCUT2D eigenvalue weighted by Crippen LogP contribution is -2.07. The van der Waals surface area contributed by atoms with E-state index >= 15 is 0 Å². The summed E-state index contributed by atoms with van der Waals surface area (Å²) in [5, 5.41) is 8.30. The summed E-state index contributed by atoms with van der Waals surface area (Å²) in [6, 6.07) is 0. The summed E-state index contributed by atoms with van der Waals surface area (Å²) in [5.41, 5.74) is 0. The Balaban J connectivity index is 0. The van der Waals surface area contributed by atoms with Crippen LogP contribution in [0.25, 0.3) is 0 Å². The lowest BCUT2D eigenvalue weighted by atomic mass is 10.5. The van der Waals surface area contributed by atoms with Crippen molar-refractivity contribution in [2.24, 2.45) is 0 Å². The van der Waals surface area contributed by atoms with E-state index in [1.807, 2.05) is 13.8 Å². The minimum Gasteiger partial charge on any atom is -0.394 e. The van der Waals surface area contributed by atoms with Crippen LogP contribution < -0.4 is 0 Å². The van der Waals surface area contributed by atoms with Crippen LogP contribution in [0.3, 0.4) is 0 Å². The third kappa shape index (κ3) is 16.5. The summed E-state index contributed by atoms with van der Waals surface area (Å²) in [4.78, 5) is 0. The van der Waals surface area contributed by atoms with Crippen molar-refractivity contribution in [2.75, 3.05) is 33.0 Å². The first kappa shape index (κ1) is 14.4. The van der Waals surface area contributed by atoms with E-state index < -0.39 is 0 Å². The fraction of sp³-hybridized carbons (Fsp3) is 1.00. The Morgan fingerprint density at radius 1 is 0.917 bits per heavy atom. The van der Waals surface area contributed by atoms with E-state index in [2.05, 4.69) is 6.92 Å². The predicted molar refractivity (Wildman–Crippen MR) is 50.4 cm³/mol. The van der Waals surface area contributed by atoms with Crippen LogP contribution in [0.1, 0.15) is 27.2 Å². The van der Waals surface area contributed by atoms with Gasteiger partial charge in [-0.1, -0.05) is 20.8 Å². The monoisotopic (exact) mass is 178 g/mol. The second-order valence-corrected chi connectivity index (χ2v) is 1.95. The Hall–Kier alpha value is -0.120. The van der Waals surface area contributed by atoms with Crippen molar-refractivity contribution in [3.63, 3.8) is 0 Å². The molecule has 0 aliphatic carbocycles. The van der Waals surface area contributed by atoms with E-state index in [1.165, 1.54) is 0 Å². The van der Waals surface area contributed by atoms with Crippen molar-refractivity contribution in [3.8, 4) is 0 Å². The molecule has 0 aromatic rings. The molecule has 0 bridgehead atoms. The van der Waals surface area contributed by atoms with Gasteiger partial charge in [0.2, 0.25) is 0 Å².